The molecule has 0 aliphatic carbocycles. The van der Waals surface area contributed by atoms with Crippen molar-refractivity contribution in [3.63, 3.8) is 0 Å². The van der Waals surface area contributed by atoms with Gasteiger partial charge in [0.25, 0.3) is 0 Å². The van der Waals surface area contributed by atoms with Gasteiger partial charge >= 0.3 is 0 Å². The summed E-state index contributed by atoms with van der Waals surface area (Å²) < 4.78 is 5.04. The number of nitrogens with zero attached hydrogens (tertiary/aromatic N) is 2. The zero-order valence-electron chi connectivity index (χ0n) is 16.0. The van der Waals surface area contributed by atoms with E-state index >= 15 is 0 Å². The fourth-order valence-electron chi connectivity index (χ4n) is 3.13. The number of nitrogens with one attached hydrogen (secondary N) is 1. The first kappa shape index (κ1) is 20.3. The second-order valence-electron chi connectivity index (χ2n) is 7.14. The number of hydrogen-bond donors (Lipinski definition) is 1. The van der Waals surface area contributed by atoms with Crippen molar-refractivity contribution in [1.82, 2.24) is 9.34 Å². The average molecular weight is 335 g/mol. The van der Waals surface area contributed by atoms with Crippen LogP contribution in [0.5, 0.6) is 0 Å². The maximum atomic E-state index is 8.97. The van der Waals surface area contributed by atoms with Crippen LogP contribution in [0.4, 0.5) is 0 Å². The fourth-order valence-corrected chi connectivity index (χ4v) is 5.96. The molecule has 0 unspecified atom stereocenters. The summed E-state index contributed by atoms with van der Waals surface area (Å²) in [5, 5.41) is 8.97. The van der Waals surface area contributed by atoms with E-state index in [0.717, 1.165) is 11.0 Å². The predicted octanol–water partition coefficient (Wildman–Crippen LogP) is 5.56. The van der Waals surface area contributed by atoms with Crippen LogP contribution in [-0.2, 0) is 0 Å². The van der Waals surface area contributed by atoms with Gasteiger partial charge in [-0.3, -0.25) is 14.8 Å². The van der Waals surface area contributed by atoms with E-state index in [-0.39, 0.29) is 0 Å². The van der Waals surface area contributed by atoms with Gasteiger partial charge in [-0.1, -0.05) is 30.3 Å². The minimum atomic E-state index is -0.833. The number of benzene rings is 1. The lowest BCUT2D eigenvalue weighted by molar-refractivity contribution is 0.262. The average Bonchev–Trinajstić information content (AvgIpc) is 2.45. The van der Waals surface area contributed by atoms with E-state index in [0.29, 0.717) is 24.2 Å². The topological polar surface area (TPSA) is 30.3 Å². The van der Waals surface area contributed by atoms with Gasteiger partial charge in [-0.2, -0.15) is 0 Å². The third-order valence-corrected chi connectivity index (χ3v) is 7.18. The Morgan fingerprint density at radius 3 is 1.39 bits per heavy atom. The Labute approximate surface area is 144 Å². The first-order chi connectivity index (χ1) is 10.7. The zero-order valence-corrected chi connectivity index (χ0v) is 16.9. The molecule has 0 amide bonds. The fraction of sp³-hybridized carbons (Fsp3) is 0.632. The highest BCUT2D eigenvalue weighted by Crippen LogP contribution is 2.52. The van der Waals surface area contributed by atoms with Crippen molar-refractivity contribution in [2.75, 3.05) is 0 Å². The van der Waals surface area contributed by atoms with Crippen LogP contribution in [0.15, 0.2) is 30.3 Å². The first-order valence-electron chi connectivity index (χ1n) is 8.69. The molecule has 3 nitrogen and oxygen atoms in total. The van der Waals surface area contributed by atoms with Gasteiger partial charge in [0.2, 0.25) is 0 Å². The summed E-state index contributed by atoms with van der Waals surface area (Å²) in [6, 6.07) is 11.8. The molecule has 1 aromatic carbocycles. The third-order valence-electron chi connectivity index (χ3n) is 3.80. The molecule has 0 bridgehead atoms. The van der Waals surface area contributed by atoms with Crippen LogP contribution >= 0.6 is 8.22 Å². The SMILES string of the molecule is CC(C)N(C(C)C)P(C(=N)c1ccccc1)N(C(C)C)C(C)C. The summed E-state index contributed by atoms with van der Waals surface area (Å²) in [5.74, 6) is 0. The van der Waals surface area contributed by atoms with E-state index in [1.54, 1.807) is 0 Å². The number of hydrogen-bond acceptors (Lipinski definition) is 3. The second kappa shape index (κ2) is 8.92. The van der Waals surface area contributed by atoms with E-state index in [4.69, 9.17) is 5.41 Å². The smallest absolute Gasteiger partial charge is 0.0928 e. The van der Waals surface area contributed by atoms with Gasteiger partial charge < -0.3 is 0 Å². The maximum Gasteiger partial charge on any atom is 0.0928 e. The van der Waals surface area contributed by atoms with E-state index in [1.165, 1.54) is 0 Å². The van der Waals surface area contributed by atoms with Gasteiger partial charge in [-0.05, 0) is 55.4 Å². The molecule has 0 atom stereocenters. The van der Waals surface area contributed by atoms with Crippen molar-refractivity contribution in [3.05, 3.63) is 35.9 Å². The Balaban J connectivity index is 3.38. The molecule has 4 heteroatoms. The van der Waals surface area contributed by atoms with Crippen molar-refractivity contribution in [2.45, 2.75) is 79.6 Å². The van der Waals surface area contributed by atoms with Crippen molar-refractivity contribution in [3.8, 4) is 0 Å². The van der Waals surface area contributed by atoms with Crippen LogP contribution < -0.4 is 0 Å². The molecule has 23 heavy (non-hydrogen) atoms. The summed E-state index contributed by atoms with van der Waals surface area (Å²) in [6.07, 6.45) is 0. The normalized spacial score (nSPS) is 12.7. The lowest BCUT2D eigenvalue weighted by Crippen LogP contribution is -2.44. The summed E-state index contributed by atoms with van der Waals surface area (Å²) >= 11 is 0. The Hall–Kier alpha value is -0.760. The molecule has 0 saturated heterocycles. The summed E-state index contributed by atoms with van der Waals surface area (Å²) in [4.78, 5) is 0. The predicted molar refractivity (Wildman–Crippen MR) is 104 cm³/mol. The van der Waals surface area contributed by atoms with E-state index in [2.05, 4.69) is 76.9 Å². The highest BCUT2D eigenvalue weighted by atomic mass is 31.1. The summed E-state index contributed by atoms with van der Waals surface area (Å²) in [6.45, 7) is 17.9. The minimum Gasteiger partial charge on any atom is -0.297 e. The number of rotatable bonds is 8. The van der Waals surface area contributed by atoms with Crippen LogP contribution in [0.25, 0.3) is 0 Å². The van der Waals surface area contributed by atoms with Crippen molar-refractivity contribution in [2.24, 2.45) is 0 Å². The lowest BCUT2D eigenvalue weighted by atomic mass is 10.2. The lowest BCUT2D eigenvalue weighted by Gasteiger charge is -2.47. The van der Waals surface area contributed by atoms with Crippen molar-refractivity contribution < 1.29 is 0 Å². The van der Waals surface area contributed by atoms with Gasteiger partial charge in [-0.15, -0.1) is 0 Å². The third kappa shape index (κ3) is 5.11. The van der Waals surface area contributed by atoms with Crippen molar-refractivity contribution in [1.29, 1.82) is 5.41 Å². The van der Waals surface area contributed by atoms with Gasteiger partial charge in [0, 0.05) is 29.7 Å². The second-order valence-corrected chi connectivity index (χ2v) is 9.09. The molecule has 0 aliphatic heterocycles. The molecule has 1 N–H and O–H groups in total. The molecular formula is C19H34N3P. The molecule has 0 radical (unpaired) electrons. The molecule has 0 spiro atoms. The molecular weight excluding hydrogens is 301 g/mol. The van der Waals surface area contributed by atoms with Gasteiger partial charge in [-0.25, -0.2) is 0 Å². The van der Waals surface area contributed by atoms with Crippen molar-refractivity contribution >= 4 is 13.7 Å². The zero-order chi connectivity index (χ0) is 17.7. The standard InChI is InChI=1S/C19H34N3P/c1-14(2)21(15(3)4)23(22(16(5)6)17(7)8)19(20)18-12-10-9-11-13-18/h9-17,20H,1-8H3. The molecule has 0 aliphatic rings. The Morgan fingerprint density at radius 1 is 0.739 bits per heavy atom. The van der Waals surface area contributed by atoms with E-state index in [9.17, 15) is 0 Å². The van der Waals surface area contributed by atoms with Crippen LogP contribution in [0, 0.1) is 5.41 Å². The van der Waals surface area contributed by atoms with E-state index < -0.39 is 8.22 Å². The summed E-state index contributed by atoms with van der Waals surface area (Å²) in [5.41, 5.74) is 1.79. The molecule has 130 valence electrons. The Kier molecular flexibility index (Phi) is 7.86. The summed E-state index contributed by atoms with van der Waals surface area (Å²) in [7, 11) is -0.833. The highest BCUT2D eigenvalue weighted by molar-refractivity contribution is 7.71. The van der Waals surface area contributed by atoms with Gasteiger partial charge in [0.1, 0.15) is 0 Å². The van der Waals surface area contributed by atoms with Crippen LogP contribution in [-0.4, -0.2) is 39.0 Å². The maximum absolute atomic E-state index is 8.97. The van der Waals surface area contributed by atoms with E-state index in [1.807, 2.05) is 18.2 Å². The largest absolute Gasteiger partial charge is 0.297 e. The molecule has 1 rings (SSSR count). The van der Waals surface area contributed by atoms with Crippen LogP contribution in [0.1, 0.15) is 61.0 Å². The molecule has 0 heterocycles. The van der Waals surface area contributed by atoms with Crippen LogP contribution in [0.3, 0.4) is 0 Å². The Bertz CT molecular complexity index is 447. The molecule has 0 fully saturated rings. The molecule has 1 aromatic rings. The highest BCUT2D eigenvalue weighted by Gasteiger charge is 2.36. The monoisotopic (exact) mass is 335 g/mol. The quantitative estimate of drug-likeness (QED) is 0.498. The van der Waals surface area contributed by atoms with Crippen LogP contribution in [0.2, 0.25) is 0 Å². The Morgan fingerprint density at radius 2 is 1.09 bits per heavy atom. The van der Waals surface area contributed by atoms with Gasteiger partial charge in [0.05, 0.1) is 13.7 Å². The molecule has 0 saturated carbocycles. The first-order valence-corrected chi connectivity index (χ1v) is 9.93. The van der Waals surface area contributed by atoms with Gasteiger partial charge in [0.15, 0.2) is 0 Å². The minimum absolute atomic E-state index is 0.408. The molecule has 0 aromatic heterocycles.